The summed E-state index contributed by atoms with van der Waals surface area (Å²) in [6.45, 7) is 10.6. The van der Waals surface area contributed by atoms with Crippen molar-refractivity contribution in [2.24, 2.45) is 23.5 Å². The lowest BCUT2D eigenvalue weighted by molar-refractivity contribution is 0.289. The van der Waals surface area contributed by atoms with Crippen molar-refractivity contribution in [1.29, 1.82) is 0 Å². The molecule has 0 saturated heterocycles. The quantitative estimate of drug-likeness (QED) is 0.708. The molecule has 7 heteroatoms. The van der Waals surface area contributed by atoms with Gasteiger partial charge in [0.05, 0.1) is 11.4 Å². The fourth-order valence-electron chi connectivity index (χ4n) is 2.48. The van der Waals surface area contributed by atoms with Gasteiger partial charge in [-0.25, -0.2) is 13.1 Å². The predicted octanol–water partition coefficient (Wildman–Crippen LogP) is 1.38. The molecule has 1 aromatic heterocycles. The van der Waals surface area contributed by atoms with Gasteiger partial charge in [-0.1, -0.05) is 27.7 Å². The predicted molar refractivity (Wildman–Crippen MR) is 79.6 cm³/mol. The van der Waals surface area contributed by atoms with Crippen LogP contribution in [-0.2, 0) is 16.6 Å². The minimum atomic E-state index is -3.58. The second-order valence-electron chi connectivity index (χ2n) is 5.83. The number of rotatable bonds is 7. The Labute approximate surface area is 121 Å². The Morgan fingerprint density at radius 2 is 1.80 bits per heavy atom. The van der Waals surface area contributed by atoms with Gasteiger partial charge in [0.2, 0.25) is 10.0 Å². The molecule has 0 saturated carbocycles. The fourth-order valence-corrected chi connectivity index (χ4v) is 3.93. The molecule has 116 valence electrons. The van der Waals surface area contributed by atoms with Gasteiger partial charge in [-0.3, -0.25) is 5.10 Å². The normalized spacial score (nSPS) is 12.8. The van der Waals surface area contributed by atoms with Crippen molar-refractivity contribution in [2.75, 3.05) is 6.54 Å². The van der Waals surface area contributed by atoms with E-state index >= 15 is 0 Å². The molecule has 0 unspecified atom stereocenters. The third-order valence-corrected chi connectivity index (χ3v) is 5.27. The number of hydrogen-bond acceptors (Lipinski definition) is 4. The highest BCUT2D eigenvalue weighted by molar-refractivity contribution is 7.89. The van der Waals surface area contributed by atoms with Crippen LogP contribution < -0.4 is 10.5 Å². The van der Waals surface area contributed by atoms with Crippen molar-refractivity contribution in [2.45, 2.75) is 46.1 Å². The first kappa shape index (κ1) is 17.1. The molecule has 0 aliphatic rings. The first-order chi connectivity index (χ1) is 9.20. The molecular formula is C13H26N4O2S. The highest BCUT2D eigenvalue weighted by Crippen LogP contribution is 2.22. The molecule has 0 fully saturated rings. The fraction of sp³-hybridized carbons (Fsp3) is 0.769. The molecular weight excluding hydrogens is 276 g/mol. The number of hydrogen-bond donors (Lipinski definition) is 3. The lowest BCUT2D eigenvalue weighted by Gasteiger charge is -2.25. The second-order valence-corrected chi connectivity index (χ2v) is 7.54. The molecule has 0 amide bonds. The molecule has 1 heterocycles. The summed E-state index contributed by atoms with van der Waals surface area (Å²) >= 11 is 0. The van der Waals surface area contributed by atoms with Crippen LogP contribution in [0, 0.1) is 24.7 Å². The Balaban J connectivity index is 2.93. The summed E-state index contributed by atoms with van der Waals surface area (Å²) < 4.78 is 27.5. The Kier molecular flexibility index (Phi) is 5.73. The molecule has 0 atom stereocenters. The van der Waals surface area contributed by atoms with E-state index in [1.807, 2.05) is 0 Å². The Morgan fingerprint density at radius 1 is 1.25 bits per heavy atom. The van der Waals surface area contributed by atoms with Crippen molar-refractivity contribution >= 4 is 10.0 Å². The highest BCUT2D eigenvalue weighted by atomic mass is 32.2. The van der Waals surface area contributed by atoms with E-state index in [9.17, 15) is 8.42 Å². The van der Waals surface area contributed by atoms with Crippen LogP contribution in [0.4, 0.5) is 0 Å². The molecule has 0 radical (unpaired) electrons. The minimum absolute atomic E-state index is 0.0956. The molecule has 6 nitrogen and oxygen atoms in total. The summed E-state index contributed by atoms with van der Waals surface area (Å²) in [5.74, 6) is 1.12. The number of aromatic nitrogens is 2. The zero-order valence-electron chi connectivity index (χ0n) is 12.9. The zero-order chi connectivity index (χ0) is 15.5. The molecule has 0 aromatic carbocycles. The van der Waals surface area contributed by atoms with E-state index in [4.69, 9.17) is 5.73 Å². The van der Waals surface area contributed by atoms with Crippen LogP contribution in [0.3, 0.4) is 0 Å². The molecule has 0 aliphatic heterocycles. The van der Waals surface area contributed by atoms with Gasteiger partial charge in [0.25, 0.3) is 0 Å². The molecule has 1 aromatic rings. The van der Waals surface area contributed by atoms with Gasteiger partial charge in [-0.2, -0.15) is 5.10 Å². The summed E-state index contributed by atoms with van der Waals surface area (Å²) in [7, 11) is -3.58. The molecule has 1 rings (SSSR count). The molecule has 0 spiro atoms. The van der Waals surface area contributed by atoms with Crippen LogP contribution in [0.25, 0.3) is 0 Å². The average Bonchev–Trinajstić information content (AvgIpc) is 2.70. The smallest absolute Gasteiger partial charge is 0.244 e. The number of aromatic amines is 1. The van der Waals surface area contributed by atoms with Gasteiger partial charge in [0.1, 0.15) is 4.90 Å². The molecule has 0 bridgehead atoms. The summed E-state index contributed by atoms with van der Waals surface area (Å²) in [6, 6.07) is 0. The van der Waals surface area contributed by atoms with Gasteiger partial charge in [0, 0.05) is 13.1 Å². The van der Waals surface area contributed by atoms with Gasteiger partial charge in [-0.15, -0.1) is 0 Å². The van der Waals surface area contributed by atoms with Crippen LogP contribution in [-0.4, -0.2) is 25.2 Å². The number of nitrogens with one attached hydrogen (secondary N) is 2. The van der Waals surface area contributed by atoms with Gasteiger partial charge in [-0.05, 0) is 24.7 Å². The largest absolute Gasteiger partial charge is 0.325 e. The number of H-pyrrole nitrogens is 1. The number of sulfonamides is 1. The van der Waals surface area contributed by atoms with Crippen molar-refractivity contribution in [3.05, 3.63) is 11.4 Å². The summed E-state index contributed by atoms with van der Waals surface area (Å²) in [5.41, 5.74) is 6.43. The van der Waals surface area contributed by atoms with Crippen molar-refractivity contribution in [3.8, 4) is 0 Å². The number of aryl methyl sites for hydroxylation is 1. The summed E-state index contributed by atoms with van der Waals surface area (Å²) in [4.78, 5) is 0.186. The van der Waals surface area contributed by atoms with Crippen LogP contribution in [0.15, 0.2) is 4.90 Å². The number of nitrogens with two attached hydrogens (primary N) is 1. The van der Waals surface area contributed by atoms with Crippen LogP contribution in [0.1, 0.15) is 39.1 Å². The third-order valence-electron chi connectivity index (χ3n) is 3.65. The maximum absolute atomic E-state index is 12.4. The van der Waals surface area contributed by atoms with Gasteiger partial charge >= 0.3 is 0 Å². The lowest BCUT2D eigenvalue weighted by atomic mass is 9.86. The van der Waals surface area contributed by atoms with Crippen molar-refractivity contribution < 1.29 is 8.42 Å². The topological polar surface area (TPSA) is 101 Å². The molecule has 20 heavy (non-hydrogen) atoms. The maximum atomic E-state index is 12.4. The Hall–Kier alpha value is -0.920. The Bertz CT molecular complexity index is 527. The van der Waals surface area contributed by atoms with Crippen LogP contribution in [0.5, 0.6) is 0 Å². The Morgan fingerprint density at radius 3 is 2.25 bits per heavy atom. The standard InChI is InChI=1S/C13H26N4O2S/c1-8(2)11(9(3)4)7-15-20(18,19)13-10(5)16-17-12(13)6-14/h8-9,11,15H,6-7,14H2,1-5H3,(H,16,17). The summed E-state index contributed by atoms with van der Waals surface area (Å²) in [5, 5.41) is 6.61. The van der Waals surface area contributed by atoms with E-state index in [1.165, 1.54) is 0 Å². The SMILES string of the molecule is Cc1[nH]nc(CN)c1S(=O)(=O)NCC(C(C)C)C(C)C. The number of nitrogens with zero attached hydrogens (tertiary/aromatic N) is 1. The van der Waals surface area contributed by atoms with Crippen LogP contribution in [0.2, 0.25) is 0 Å². The molecule has 0 aliphatic carbocycles. The first-order valence-corrected chi connectivity index (χ1v) is 8.42. The van der Waals surface area contributed by atoms with Crippen LogP contribution >= 0.6 is 0 Å². The van der Waals surface area contributed by atoms with E-state index < -0.39 is 10.0 Å². The highest BCUT2D eigenvalue weighted by Gasteiger charge is 2.26. The maximum Gasteiger partial charge on any atom is 0.244 e. The second kappa shape index (κ2) is 6.69. The van der Waals surface area contributed by atoms with E-state index in [0.717, 1.165) is 0 Å². The zero-order valence-corrected chi connectivity index (χ0v) is 13.7. The minimum Gasteiger partial charge on any atom is -0.325 e. The van der Waals surface area contributed by atoms with E-state index in [-0.39, 0.29) is 11.4 Å². The summed E-state index contributed by atoms with van der Waals surface area (Å²) in [6.07, 6.45) is 0. The van der Waals surface area contributed by atoms with E-state index in [1.54, 1.807) is 6.92 Å². The van der Waals surface area contributed by atoms with Gasteiger partial charge < -0.3 is 5.73 Å². The first-order valence-electron chi connectivity index (χ1n) is 6.94. The van der Waals surface area contributed by atoms with E-state index in [0.29, 0.717) is 35.7 Å². The van der Waals surface area contributed by atoms with Gasteiger partial charge in [0.15, 0.2) is 0 Å². The monoisotopic (exact) mass is 302 g/mol. The average molecular weight is 302 g/mol. The van der Waals surface area contributed by atoms with Crippen molar-refractivity contribution in [1.82, 2.24) is 14.9 Å². The third kappa shape index (κ3) is 3.80. The van der Waals surface area contributed by atoms with Crippen molar-refractivity contribution in [3.63, 3.8) is 0 Å². The van der Waals surface area contributed by atoms with E-state index in [2.05, 4.69) is 42.6 Å². The lowest BCUT2D eigenvalue weighted by Crippen LogP contribution is -2.34. The molecule has 4 N–H and O–H groups in total.